The van der Waals surface area contributed by atoms with Gasteiger partial charge >= 0.3 is 24.0 Å². The van der Waals surface area contributed by atoms with Crippen molar-refractivity contribution < 1.29 is 62.5 Å². The van der Waals surface area contributed by atoms with Gasteiger partial charge in [0, 0.05) is 26.2 Å². The lowest BCUT2D eigenvalue weighted by atomic mass is 9.98. The minimum atomic E-state index is -1.59. The third-order valence-electron chi connectivity index (χ3n) is 13.8. The number of aliphatic hydroxyl groups excluding tert-OH is 1. The fourth-order valence-electron chi connectivity index (χ4n) is 9.66. The van der Waals surface area contributed by atoms with E-state index in [1.807, 2.05) is 48.5 Å². The molecule has 1 aliphatic carbocycles. The van der Waals surface area contributed by atoms with Gasteiger partial charge < -0.3 is 48.7 Å². The van der Waals surface area contributed by atoms with E-state index in [0.717, 1.165) is 60.8 Å². The first kappa shape index (κ1) is 59.5. The van der Waals surface area contributed by atoms with Crippen LogP contribution in [0.5, 0.6) is 0 Å². The number of unbranched alkanes of at least 4 members (excludes halogenated alkanes) is 22. The van der Waals surface area contributed by atoms with Crippen LogP contribution in [0.2, 0.25) is 0 Å². The zero-order chi connectivity index (χ0) is 50.9. The van der Waals surface area contributed by atoms with E-state index in [2.05, 4.69) is 19.2 Å². The first-order chi connectivity index (χ1) is 34.7. The van der Waals surface area contributed by atoms with Crippen molar-refractivity contribution in [2.75, 3.05) is 40.1 Å². The van der Waals surface area contributed by atoms with E-state index in [4.69, 9.17) is 33.2 Å². The van der Waals surface area contributed by atoms with E-state index in [-0.39, 0.29) is 25.6 Å². The summed E-state index contributed by atoms with van der Waals surface area (Å²) in [4.78, 5) is 50.3. The third kappa shape index (κ3) is 22.3. The van der Waals surface area contributed by atoms with Crippen molar-refractivity contribution in [3.63, 3.8) is 0 Å². The average Bonchev–Trinajstić information content (AvgIpc) is 3.69. The Bertz CT molecular complexity index is 1750. The highest BCUT2D eigenvalue weighted by atomic mass is 16.7. The quantitative estimate of drug-likeness (QED) is 0.0326. The van der Waals surface area contributed by atoms with Gasteiger partial charge in [0.25, 0.3) is 0 Å². The number of carboxylic acid groups (broad SMARTS) is 1. The zero-order valence-corrected chi connectivity index (χ0v) is 43.5. The zero-order valence-electron chi connectivity index (χ0n) is 43.5. The Kier molecular flexibility index (Phi) is 30.1. The molecule has 1 amide bonds. The van der Waals surface area contributed by atoms with Crippen LogP contribution in [0.25, 0.3) is 11.1 Å². The molecule has 1 heterocycles. The van der Waals surface area contributed by atoms with Crippen LogP contribution in [0.3, 0.4) is 0 Å². The van der Waals surface area contributed by atoms with Crippen LogP contribution in [0.15, 0.2) is 48.5 Å². The van der Waals surface area contributed by atoms with Gasteiger partial charge in [-0.3, -0.25) is 9.59 Å². The molecule has 0 spiro atoms. The van der Waals surface area contributed by atoms with E-state index < -0.39 is 73.8 Å². The van der Waals surface area contributed by atoms with Crippen LogP contribution in [-0.2, 0) is 47.5 Å². The SMILES string of the molecule is CCCCCCCCCCCCCCO[C@H]1C(O)O[C@H](COC(=O)CCC(=O)OC[C@H](NC(=O)OCC2c3ccccc3-c3ccccc32)C(=O)O)C(OC)[C@@H]1OCCCCCCCCCCCCCC. The number of methoxy groups -OCH3 is 1. The molecule has 1 fully saturated rings. The van der Waals surface area contributed by atoms with Crippen LogP contribution in [0.4, 0.5) is 4.79 Å². The molecule has 2 unspecified atom stereocenters. The van der Waals surface area contributed by atoms with Crippen LogP contribution >= 0.6 is 0 Å². The normalized spacial score (nSPS) is 18.9. The average molecular weight is 996 g/mol. The number of nitrogens with one attached hydrogen (secondary N) is 1. The molecule has 0 saturated carbocycles. The first-order valence-electron chi connectivity index (χ1n) is 27.4. The highest BCUT2D eigenvalue weighted by molar-refractivity contribution is 5.82. The summed E-state index contributed by atoms with van der Waals surface area (Å²) in [5.41, 5.74) is 4.11. The van der Waals surface area contributed by atoms with Gasteiger partial charge in [0.2, 0.25) is 0 Å². The van der Waals surface area contributed by atoms with E-state index in [0.29, 0.717) is 13.2 Å². The van der Waals surface area contributed by atoms with Gasteiger partial charge in [-0.25, -0.2) is 9.59 Å². The number of ether oxygens (including phenoxy) is 7. The molecule has 0 aromatic heterocycles. The highest BCUT2D eigenvalue weighted by Crippen LogP contribution is 2.44. The minimum absolute atomic E-state index is 0.0227. The van der Waals surface area contributed by atoms with Gasteiger partial charge in [-0.05, 0) is 35.1 Å². The number of alkyl carbamates (subject to hydrolysis) is 1. The molecule has 2 aromatic carbocycles. The number of aliphatic hydroxyl groups is 1. The lowest BCUT2D eigenvalue weighted by molar-refractivity contribution is -0.308. The fourth-order valence-corrected chi connectivity index (χ4v) is 9.66. The number of carbonyl (C=O) groups excluding carboxylic acids is 3. The summed E-state index contributed by atoms with van der Waals surface area (Å²) >= 11 is 0. The van der Waals surface area contributed by atoms with E-state index in [1.54, 1.807) is 0 Å². The summed E-state index contributed by atoms with van der Waals surface area (Å²) in [6.07, 6.45) is 23.2. The van der Waals surface area contributed by atoms with Gasteiger partial charge in [0.05, 0.1) is 12.8 Å². The Hall–Kier alpha value is -4.08. The number of fused-ring (bicyclic) bond motifs is 3. The summed E-state index contributed by atoms with van der Waals surface area (Å²) in [7, 11) is 1.52. The number of hydrogen-bond donors (Lipinski definition) is 3. The monoisotopic (exact) mass is 996 g/mol. The Balaban J connectivity index is 1.18. The molecule has 0 radical (unpaired) electrons. The Morgan fingerprint density at radius 1 is 0.563 bits per heavy atom. The standard InChI is InChI=1S/C57H89NO13/c1-4-6-8-10-12-14-16-18-20-22-24-30-38-66-53-52(65-3)49(71-56(63)54(53)67-39-31-25-23-21-19-17-15-13-11-9-7-5-2)42-69-51(60)37-36-50(59)68-41-48(55(61)62)58-57(64)70-40-47-45-34-28-26-32-43(45)44-33-27-29-35-46(44)47/h26-29,32-35,47-49,52-54,56,63H,4-25,30-31,36-42H2,1-3H3,(H,58,64)(H,61,62)/t48-,49+,52?,53-,54+,56?/m0/s1. The lowest BCUT2D eigenvalue weighted by Gasteiger charge is -2.43. The number of aliphatic carboxylic acids is 1. The Labute approximate surface area is 424 Å². The molecule has 1 saturated heterocycles. The molecule has 14 heteroatoms. The van der Waals surface area contributed by atoms with Crippen LogP contribution in [0.1, 0.15) is 198 Å². The van der Waals surface area contributed by atoms with E-state index >= 15 is 0 Å². The van der Waals surface area contributed by atoms with Crippen LogP contribution in [-0.4, -0.2) is 111 Å². The summed E-state index contributed by atoms with van der Waals surface area (Å²) in [5, 5.41) is 23.3. The molecule has 0 bridgehead atoms. The summed E-state index contributed by atoms with van der Waals surface area (Å²) in [5.74, 6) is -3.25. The second-order valence-electron chi connectivity index (χ2n) is 19.4. The lowest BCUT2D eigenvalue weighted by Crippen LogP contribution is -2.61. The van der Waals surface area contributed by atoms with Gasteiger partial charge in [-0.15, -0.1) is 0 Å². The molecular formula is C57H89NO13. The van der Waals surface area contributed by atoms with Crippen LogP contribution < -0.4 is 5.32 Å². The van der Waals surface area contributed by atoms with Crippen LogP contribution in [0, 0.1) is 0 Å². The van der Waals surface area contributed by atoms with Crippen molar-refractivity contribution in [3.8, 4) is 11.1 Å². The number of rotatable bonds is 40. The number of carbonyl (C=O) groups is 4. The molecule has 3 N–H and O–H groups in total. The molecule has 1 aliphatic heterocycles. The van der Waals surface area contributed by atoms with Crippen molar-refractivity contribution in [1.82, 2.24) is 5.32 Å². The number of hydrogen-bond acceptors (Lipinski definition) is 12. The van der Waals surface area contributed by atoms with Gasteiger partial charge in [-0.2, -0.15) is 0 Å². The summed E-state index contributed by atoms with van der Waals surface area (Å²) in [6.45, 7) is 4.40. The Morgan fingerprint density at radius 2 is 1.00 bits per heavy atom. The molecule has 2 aromatic rings. The van der Waals surface area contributed by atoms with Crippen molar-refractivity contribution in [2.24, 2.45) is 0 Å². The maximum absolute atomic E-state index is 12.9. The van der Waals surface area contributed by atoms with Crippen molar-refractivity contribution in [3.05, 3.63) is 59.7 Å². The first-order valence-corrected chi connectivity index (χ1v) is 27.4. The predicted octanol–water partition coefficient (Wildman–Crippen LogP) is 11.7. The minimum Gasteiger partial charge on any atom is -0.480 e. The van der Waals surface area contributed by atoms with Gasteiger partial charge in [0.15, 0.2) is 12.3 Å². The van der Waals surface area contributed by atoms with E-state index in [9.17, 15) is 29.4 Å². The molecule has 2 aliphatic rings. The van der Waals surface area contributed by atoms with Crippen molar-refractivity contribution in [1.29, 1.82) is 0 Å². The molecule has 14 nitrogen and oxygen atoms in total. The third-order valence-corrected chi connectivity index (χ3v) is 13.8. The summed E-state index contributed by atoms with van der Waals surface area (Å²) in [6, 6.07) is 14.1. The Morgan fingerprint density at radius 3 is 1.46 bits per heavy atom. The molecule has 400 valence electrons. The van der Waals surface area contributed by atoms with Crippen molar-refractivity contribution in [2.45, 2.75) is 223 Å². The smallest absolute Gasteiger partial charge is 0.407 e. The number of amides is 1. The maximum atomic E-state index is 12.9. The second-order valence-corrected chi connectivity index (χ2v) is 19.4. The molecule has 71 heavy (non-hydrogen) atoms. The second kappa shape index (κ2) is 35.9. The largest absolute Gasteiger partial charge is 0.480 e. The number of esters is 2. The molecule has 6 atom stereocenters. The number of benzene rings is 2. The van der Waals surface area contributed by atoms with Gasteiger partial charge in [0.1, 0.15) is 44.2 Å². The van der Waals surface area contributed by atoms with Gasteiger partial charge in [-0.1, -0.05) is 204 Å². The van der Waals surface area contributed by atoms with E-state index in [1.165, 1.54) is 123 Å². The fraction of sp³-hybridized carbons (Fsp3) is 0.719. The molecule has 4 rings (SSSR count). The number of carboxylic acids is 1. The summed E-state index contributed by atoms with van der Waals surface area (Å²) < 4.78 is 40.6. The van der Waals surface area contributed by atoms with Crippen molar-refractivity contribution >= 4 is 24.0 Å². The topological polar surface area (TPSA) is 185 Å². The predicted molar refractivity (Wildman–Crippen MR) is 274 cm³/mol. The maximum Gasteiger partial charge on any atom is 0.407 e. The molecular weight excluding hydrogens is 907 g/mol. The highest BCUT2D eigenvalue weighted by Gasteiger charge is 2.48.